The van der Waals surface area contributed by atoms with E-state index in [2.05, 4.69) is 5.32 Å². The Balaban J connectivity index is 1.80. The Hall–Kier alpha value is -3.86. The van der Waals surface area contributed by atoms with Crippen molar-refractivity contribution in [2.24, 2.45) is 0 Å². The quantitative estimate of drug-likeness (QED) is 0.484. The molecule has 0 aliphatic heterocycles. The highest BCUT2D eigenvalue weighted by molar-refractivity contribution is 6.14. The number of benzene rings is 3. The van der Waals surface area contributed by atoms with Crippen LogP contribution >= 0.6 is 0 Å². The predicted molar refractivity (Wildman–Crippen MR) is 119 cm³/mol. The van der Waals surface area contributed by atoms with Crippen molar-refractivity contribution < 1.29 is 14.3 Å². The number of methoxy groups -OCH3 is 2. The average Bonchev–Trinajstić information content (AvgIpc) is 2.79. The first-order valence-electron chi connectivity index (χ1n) is 9.60. The maximum atomic E-state index is 13.3. The van der Waals surface area contributed by atoms with E-state index < -0.39 is 0 Å². The molecule has 0 radical (unpaired) electrons. The van der Waals surface area contributed by atoms with E-state index >= 15 is 0 Å². The van der Waals surface area contributed by atoms with Crippen molar-refractivity contribution in [3.63, 3.8) is 0 Å². The largest absolute Gasteiger partial charge is 0.497 e. The number of ether oxygens (including phenoxy) is 2. The van der Waals surface area contributed by atoms with Gasteiger partial charge in [0.05, 0.1) is 31.0 Å². The fourth-order valence-corrected chi connectivity index (χ4v) is 3.50. The molecule has 1 amide bonds. The summed E-state index contributed by atoms with van der Waals surface area (Å²) in [4.78, 5) is 18.1. The number of hydrogen-bond acceptors (Lipinski definition) is 4. The number of fused-ring (bicyclic) bond motifs is 1. The van der Waals surface area contributed by atoms with Crippen molar-refractivity contribution in [1.82, 2.24) is 4.98 Å². The van der Waals surface area contributed by atoms with E-state index in [-0.39, 0.29) is 5.91 Å². The second-order valence-electron chi connectivity index (χ2n) is 6.89. The summed E-state index contributed by atoms with van der Waals surface area (Å²) in [6, 6.07) is 22.6. The molecule has 5 heteroatoms. The molecular formula is C25H22N2O3. The van der Waals surface area contributed by atoms with Gasteiger partial charge in [-0.25, -0.2) is 4.98 Å². The van der Waals surface area contributed by atoms with Crippen molar-refractivity contribution >= 4 is 22.5 Å². The highest BCUT2D eigenvalue weighted by Crippen LogP contribution is 2.31. The number of hydrogen-bond donors (Lipinski definition) is 1. The van der Waals surface area contributed by atoms with Gasteiger partial charge in [0, 0.05) is 16.6 Å². The molecule has 30 heavy (non-hydrogen) atoms. The summed E-state index contributed by atoms with van der Waals surface area (Å²) < 4.78 is 10.4. The molecule has 0 unspecified atom stereocenters. The minimum atomic E-state index is -0.175. The molecule has 0 spiro atoms. The molecule has 0 saturated carbocycles. The Morgan fingerprint density at radius 2 is 1.43 bits per heavy atom. The van der Waals surface area contributed by atoms with Crippen LogP contribution in [-0.4, -0.2) is 25.1 Å². The Kier molecular flexibility index (Phi) is 5.35. The van der Waals surface area contributed by atoms with Gasteiger partial charge in [0.15, 0.2) is 0 Å². The zero-order chi connectivity index (χ0) is 21.1. The zero-order valence-corrected chi connectivity index (χ0v) is 17.1. The number of anilines is 1. The van der Waals surface area contributed by atoms with Crippen LogP contribution in [0.3, 0.4) is 0 Å². The van der Waals surface area contributed by atoms with E-state index in [0.717, 1.165) is 39.2 Å². The summed E-state index contributed by atoms with van der Waals surface area (Å²) in [6.07, 6.45) is 0. The van der Waals surface area contributed by atoms with Crippen LogP contribution in [0.1, 0.15) is 15.9 Å². The summed E-state index contributed by atoms with van der Waals surface area (Å²) >= 11 is 0. The van der Waals surface area contributed by atoms with E-state index in [1.54, 1.807) is 14.2 Å². The highest BCUT2D eigenvalue weighted by atomic mass is 16.5. The first kappa shape index (κ1) is 19.5. The summed E-state index contributed by atoms with van der Waals surface area (Å²) in [7, 11) is 3.25. The Morgan fingerprint density at radius 3 is 2.07 bits per heavy atom. The minimum Gasteiger partial charge on any atom is -0.497 e. The van der Waals surface area contributed by atoms with Crippen molar-refractivity contribution in [2.75, 3.05) is 19.5 Å². The molecule has 0 aliphatic rings. The van der Waals surface area contributed by atoms with Crippen LogP contribution < -0.4 is 14.8 Å². The monoisotopic (exact) mass is 398 g/mol. The molecule has 0 atom stereocenters. The van der Waals surface area contributed by atoms with E-state index in [9.17, 15) is 4.79 Å². The van der Waals surface area contributed by atoms with Gasteiger partial charge in [-0.2, -0.15) is 0 Å². The summed E-state index contributed by atoms with van der Waals surface area (Å²) in [5.41, 5.74) is 4.61. The lowest BCUT2D eigenvalue weighted by Gasteiger charge is -2.15. The SMILES string of the molecule is COc1ccc(NC(=O)c2c(C)c(-c3ccc(OC)cc3)nc3ccccc23)cc1. The zero-order valence-electron chi connectivity index (χ0n) is 17.1. The second kappa shape index (κ2) is 8.25. The molecule has 1 heterocycles. The minimum absolute atomic E-state index is 0.175. The molecule has 150 valence electrons. The standard InChI is InChI=1S/C25H22N2O3/c1-16-23(25(28)26-18-10-14-20(30-3)15-11-18)21-6-4-5-7-22(21)27-24(16)17-8-12-19(29-2)13-9-17/h4-15H,1-3H3,(H,26,28). The number of rotatable bonds is 5. The molecule has 4 rings (SSSR count). The normalized spacial score (nSPS) is 10.6. The van der Waals surface area contributed by atoms with Gasteiger partial charge < -0.3 is 14.8 Å². The molecular weight excluding hydrogens is 376 g/mol. The van der Waals surface area contributed by atoms with Crippen molar-refractivity contribution in [2.45, 2.75) is 6.92 Å². The lowest BCUT2D eigenvalue weighted by atomic mass is 9.97. The third-order valence-corrected chi connectivity index (χ3v) is 5.07. The Morgan fingerprint density at radius 1 is 0.833 bits per heavy atom. The molecule has 0 saturated heterocycles. The van der Waals surface area contributed by atoms with Crippen LogP contribution in [0, 0.1) is 6.92 Å². The fraction of sp³-hybridized carbons (Fsp3) is 0.120. The van der Waals surface area contributed by atoms with Crippen LogP contribution in [0.15, 0.2) is 72.8 Å². The number of para-hydroxylation sites is 1. The molecule has 0 fully saturated rings. The lowest BCUT2D eigenvalue weighted by Crippen LogP contribution is -2.15. The topological polar surface area (TPSA) is 60.5 Å². The van der Waals surface area contributed by atoms with Gasteiger partial charge in [-0.1, -0.05) is 18.2 Å². The van der Waals surface area contributed by atoms with E-state index in [1.807, 2.05) is 79.7 Å². The van der Waals surface area contributed by atoms with Gasteiger partial charge >= 0.3 is 0 Å². The molecule has 5 nitrogen and oxygen atoms in total. The predicted octanol–water partition coefficient (Wildman–Crippen LogP) is 5.48. The van der Waals surface area contributed by atoms with Crippen molar-refractivity contribution in [3.05, 3.63) is 83.9 Å². The summed E-state index contributed by atoms with van der Waals surface area (Å²) in [5.74, 6) is 1.33. The smallest absolute Gasteiger partial charge is 0.256 e. The van der Waals surface area contributed by atoms with Crippen LogP contribution in [0.25, 0.3) is 22.2 Å². The van der Waals surface area contributed by atoms with Crippen LogP contribution in [-0.2, 0) is 0 Å². The molecule has 0 bridgehead atoms. The van der Waals surface area contributed by atoms with E-state index in [4.69, 9.17) is 14.5 Å². The van der Waals surface area contributed by atoms with Gasteiger partial charge in [-0.15, -0.1) is 0 Å². The summed E-state index contributed by atoms with van der Waals surface area (Å²) in [6.45, 7) is 1.93. The van der Waals surface area contributed by atoms with Crippen LogP contribution in [0.2, 0.25) is 0 Å². The Bertz CT molecular complexity index is 1200. The van der Waals surface area contributed by atoms with Gasteiger partial charge in [-0.05, 0) is 67.1 Å². The van der Waals surface area contributed by atoms with Gasteiger partial charge in [-0.3, -0.25) is 4.79 Å². The van der Waals surface area contributed by atoms with Gasteiger partial charge in [0.25, 0.3) is 5.91 Å². The molecule has 4 aromatic rings. The van der Waals surface area contributed by atoms with Gasteiger partial charge in [0.2, 0.25) is 0 Å². The number of carbonyl (C=O) groups is 1. The van der Waals surface area contributed by atoms with Crippen molar-refractivity contribution in [1.29, 1.82) is 0 Å². The lowest BCUT2D eigenvalue weighted by molar-refractivity contribution is 0.102. The van der Waals surface area contributed by atoms with Crippen LogP contribution in [0.4, 0.5) is 5.69 Å². The maximum Gasteiger partial charge on any atom is 0.256 e. The molecule has 0 aliphatic carbocycles. The van der Waals surface area contributed by atoms with E-state index in [1.165, 1.54) is 0 Å². The average molecular weight is 398 g/mol. The van der Waals surface area contributed by atoms with Crippen LogP contribution in [0.5, 0.6) is 11.5 Å². The number of carbonyl (C=O) groups excluding carboxylic acids is 1. The van der Waals surface area contributed by atoms with Crippen molar-refractivity contribution in [3.8, 4) is 22.8 Å². The Labute approximate surface area is 175 Å². The number of aromatic nitrogens is 1. The fourth-order valence-electron chi connectivity index (χ4n) is 3.50. The number of amides is 1. The maximum absolute atomic E-state index is 13.3. The number of nitrogens with one attached hydrogen (secondary N) is 1. The first-order chi connectivity index (χ1) is 14.6. The second-order valence-corrected chi connectivity index (χ2v) is 6.89. The third-order valence-electron chi connectivity index (χ3n) is 5.07. The molecule has 1 aromatic heterocycles. The van der Waals surface area contributed by atoms with E-state index in [0.29, 0.717) is 11.3 Å². The third kappa shape index (κ3) is 3.70. The first-order valence-corrected chi connectivity index (χ1v) is 9.60. The van der Waals surface area contributed by atoms with Gasteiger partial charge in [0.1, 0.15) is 11.5 Å². The number of nitrogens with zero attached hydrogens (tertiary/aromatic N) is 1. The molecule has 3 aromatic carbocycles. The molecule has 1 N–H and O–H groups in total. The number of pyridine rings is 1. The highest BCUT2D eigenvalue weighted by Gasteiger charge is 2.19. The summed E-state index contributed by atoms with van der Waals surface area (Å²) in [5, 5.41) is 3.82.